The maximum atomic E-state index is 12.3. The molecule has 1 aliphatic rings. The van der Waals surface area contributed by atoms with Crippen LogP contribution in [0.5, 0.6) is 0 Å². The first-order chi connectivity index (χ1) is 11.6. The van der Waals surface area contributed by atoms with Crippen LogP contribution in [0.4, 0.5) is 0 Å². The van der Waals surface area contributed by atoms with Crippen molar-refractivity contribution in [1.82, 2.24) is 10.3 Å². The zero-order valence-corrected chi connectivity index (χ0v) is 15.4. The van der Waals surface area contributed by atoms with E-state index in [1.54, 1.807) is 11.3 Å². The van der Waals surface area contributed by atoms with Crippen LogP contribution in [0, 0.1) is 5.41 Å². The average molecular weight is 366 g/mol. The summed E-state index contributed by atoms with van der Waals surface area (Å²) in [7, 11) is 0. The fraction of sp³-hybridized carbons (Fsp3) is 0.556. The lowest BCUT2D eigenvalue weighted by Gasteiger charge is -2.35. The molecular weight excluding hydrogens is 342 g/mol. The number of nitrogens with one attached hydrogen (secondary N) is 1. The molecule has 6 heteroatoms. The highest BCUT2D eigenvalue weighted by molar-refractivity contribution is 7.18. The van der Waals surface area contributed by atoms with Gasteiger partial charge in [-0.25, -0.2) is 4.98 Å². The molecule has 0 saturated heterocycles. The molecule has 4 nitrogen and oxygen atoms in total. The van der Waals surface area contributed by atoms with Crippen LogP contribution in [0.3, 0.4) is 0 Å². The van der Waals surface area contributed by atoms with E-state index in [1.807, 2.05) is 18.2 Å². The predicted octanol–water partition coefficient (Wildman–Crippen LogP) is 3.91. The zero-order chi connectivity index (χ0) is 17.0. The minimum Gasteiger partial charge on any atom is -0.356 e. The SMILES string of the molecule is NCC1(CC(=O)NCCc2nc3cc(Cl)ccc3s2)CCCCC1. The molecule has 0 unspecified atom stereocenters. The molecule has 0 bridgehead atoms. The van der Waals surface area contributed by atoms with Gasteiger partial charge in [-0.1, -0.05) is 30.9 Å². The number of amides is 1. The first kappa shape index (κ1) is 17.6. The van der Waals surface area contributed by atoms with Gasteiger partial charge in [-0.15, -0.1) is 11.3 Å². The van der Waals surface area contributed by atoms with Crippen molar-refractivity contribution in [1.29, 1.82) is 0 Å². The van der Waals surface area contributed by atoms with E-state index in [2.05, 4.69) is 10.3 Å². The van der Waals surface area contributed by atoms with E-state index >= 15 is 0 Å². The Kier molecular flexibility index (Phi) is 5.74. The van der Waals surface area contributed by atoms with E-state index in [1.165, 1.54) is 19.3 Å². The van der Waals surface area contributed by atoms with Crippen molar-refractivity contribution < 1.29 is 4.79 Å². The minimum absolute atomic E-state index is 0.0228. The third-order valence-corrected chi connectivity index (χ3v) is 6.27. The molecule has 130 valence electrons. The first-order valence-electron chi connectivity index (χ1n) is 8.62. The second-order valence-electron chi connectivity index (χ2n) is 6.76. The Morgan fingerprint density at radius 3 is 2.88 bits per heavy atom. The van der Waals surface area contributed by atoms with Gasteiger partial charge in [0.15, 0.2) is 0 Å². The van der Waals surface area contributed by atoms with Gasteiger partial charge in [-0.05, 0) is 43.0 Å². The summed E-state index contributed by atoms with van der Waals surface area (Å²) in [6, 6.07) is 5.75. The third kappa shape index (κ3) is 4.26. The largest absolute Gasteiger partial charge is 0.356 e. The van der Waals surface area contributed by atoms with Gasteiger partial charge in [0.2, 0.25) is 5.91 Å². The normalized spacial score (nSPS) is 17.1. The number of benzene rings is 1. The Bertz CT molecular complexity index is 709. The summed E-state index contributed by atoms with van der Waals surface area (Å²) in [6.07, 6.45) is 7.12. The number of nitrogens with zero attached hydrogens (tertiary/aromatic N) is 1. The lowest BCUT2D eigenvalue weighted by Crippen LogP contribution is -2.39. The average Bonchev–Trinajstić information content (AvgIpc) is 2.97. The maximum absolute atomic E-state index is 12.3. The Morgan fingerprint density at radius 1 is 1.33 bits per heavy atom. The molecule has 2 aromatic rings. The number of halogens is 1. The summed E-state index contributed by atoms with van der Waals surface area (Å²) in [5.74, 6) is 0.117. The molecule has 1 aromatic heterocycles. The fourth-order valence-corrected chi connectivity index (χ4v) is 4.64. The molecule has 24 heavy (non-hydrogen) atoms. The fourth-order valence-electron chi connectivity index (χ4n) is 3.52. The molecule has 3 N–H and O–H groups in total. The smallest absolute Gasteiger partial charge is 0.220 e. The van der Waals surface area contributed by atoms with Crippen LogP contribution in [-0.4, -0.2) is 24.0 Å². The van der Waals surface area contributed by atoms with Crippen LogP contribution in [0.15, 0.2) is 18.2 Å². The number of carbonyl (C=O) groups is 1. The van der Waals surface area contributed by atoms with Crippen molar-refractivity contribution in [3.63, 3.8) is 0 Å². The minimum atomic E-state index is 0.0228. The number of fused-ring (bicyclic) bond motifs is 1. The van der Waals surface area contributed by atoms with Gasteiger partial charge < -0.3 is 11.1 Å². The monoisotopic (exact) mass is 365 g/mol. The summed E-state index contributed by atoms with van der Waals surface area (Å²) in [5.41, 5.74) is 6.91. The number of thiazole rings is 1. The first-order valence-corrected chi connectivity index (χ1v) is 9.81. The van der Waals surface area contributed by atoms with Crippen LogP contribution in [0.2, 0.25) is 5.02 Å². The Morgan fingerprint density at radius 2 is 2.12 bits per heavy atom. The molecule has 1 saturated carbocycles. The van der Waals surface area contributed by atoms with Gasteiger partial charge in [0.1, 0.15) is 0 Å². The number of hydrogen-bond acceptors (Lipinski definition) is 4. The van der Waals surface area contributed by atoms with E-state index in [0.29, 0.717) is 24.5 Å². The second kappa shape index (κ2) is 7.81. The summed E-state index contributed by atoms with van der Waals surface area (Å²) < 4.78 is 1.13. The van der Waals surface area contributed by atoms with Crippen molar-refractivity contribution in [2.45, 2.75) is 44.9 Å². The van der Waals surface area contributed by atoms with E-state index in [0.717, 1.165) is 34.5 Å². The van der Waals surface area contributed by atoms with Gasteiger partial charge in [0.25, 0.3) is 0 Å². The van der Waals surface area contributed by atoms with Crippen LogP contribution in [-0.2, 0) is 11.2 Å². The van der Waals surface area contributed by atoms with Crippen LogP contribution < -0.4 is 11.1 Å². The quantitative estimate of drug-likeness (QED) is 0.815. The maximum Gasteiger partial charge on any atom is 0.220 e. The lowest BCUT2D eigenvalue weighted by molar-refractivity contribution is -0.123. The standard InChI is InChI=1S/C18H24ClN3OS/c19-13-4-5-15-14(10-13)22-17(24-15)6-9-21-16(23)11-18(12-20)7-2-1-3-8-18/h4-5,10H,1-3,6-9,11-12,20H2,(H,21,23). The van der Waals surface area contributed by atoms with Crippen molar-refractivity contribution in [3.8, 4) is 0 Å². The molecule has 0 radical (unpaired) electrons. The highest BCUT2D eigenvalue weighted by Crippen LogP contribution is 2.38. The number of rotatable bonds is 6. The Hall–Kier alpha value is -1.17. The van der Waals surface area contributed by atoms with Crippen molar-refractivity contribution in [2.24, 2.45) is 11.1 Å². The lowest BCUT2D eigenvalue weighted by atomic mass is 9.71. The Balaban J connectivity index is 1.50. The van der Waals surface area contributed by atoms with E-state index in [9.17, 15) is 4.79 Å². The van der Waals surface area contributed by atoms with Crippen LogP contribution in [0.1, 0.15) is 43.5 Å². The summed E-state index contributed by atoms with van der Waals surface area (Å²) in [5, 5.41) is 4.77. The van der Waals surface area contributed by atoms with E-state index in [4.69, 9.17) is 17.3 Å². The molecule has 0 spiro atoms. The summed E-state index contributed by atoms with van der Waals surface area (Å²) >= 11 is 7.65. The van der Waals surface area contributed by atoms with Gasteiger partial charge in [-0.2, -0.15) is 0 Å². The highest BCUT2D eigenvalue weighted by Gasteiger charge is 2.32. The molecule has 3 rings (SSSR count). The van der Waals surface area contributed by atoms with Crippen molar-refractivity contribution in [2.75, 3.05) is 13.1 Å². The van der Waals surface area contributed by atoms with Gasteiger partial charge >= 0.3 is 0 Å². The van der Waals surface area contributed by atoms with Gasteiger partial charge in [0, 0.05) is 24.4 Å². The molecule has 1 aliphatic carbocycles. The Labute approximate surface area is 151 Å². The molecule has 1 heterocycles. The van der Waals surface area contributed by atoms with Gasteiger partial charge in [0.05, 0.1) is 15.2 Å². The predicted molar refractivity (Wildman–Crippen MR) is 101 cm³/mol. The van der Waals surface area contributed by atoms with Crippen molar-refractivity contribution >= 4 is 39.1 Å². The molecule has 0 aliphatic heterocycles. The number of carbonyl (C=O) groups excluding carboxylic acids is 1. The molecule has 1 aromatic carbocycles. The number of nitrogens with two attached hydrogens (primary N) is 1. The summed E-state index contributed by atoms with van der Waals surface area (Å²) in [4.78, 5) is 16.9. The molecule has 1 fully saturated rings. The second-order valence-corrected chi connectivity index (χ2v) is 8.31. The zero-order valence-electron chi connectivity index (χ0n) is 13.8. The molecule has 1 amide bonds. The van der Waals surface area contributed by atoms with E-state index in [-0.39, 0.29) is 11.3 Å². The topological polar surface area (TPSA) is 68.0 Å². The van der Waals surface area contributed by atoms with Crippen LogP contribution in [0.25, 0.3) is 10.2 Å². The third-order valence-electron chi connectivity index (χ3n) is 4.94. The highest BCUT2D eigenvalue weighted by atomic mass is 35.5. The van der Waals surface area contributed by atoms with E-state index < -0.39 is 0 Å². The van der Waals surface area contributed by atoms with Crippen LogP contribution >= 0.6 is 22.9 Å². The molecular formula is C18H24ClN3OS. The molecule has 0 atom stereocenters. The number of hydrogen-bond donors (Lipinski definition) is 2. The number of aromatic nitrogens is 1. The summed E-state index contributed by atoms with van der Waals surface area (Å²) in [6.45, 7) is 1.23. The van der Waals surface area contributed by atoms with Gasteiger partial charge in [-0.3, -0.25) is 4.79 Å². The van der Waals surface area contributed by atoms with Crippen molar-refractivity contribution in [3.05, 3.63) is 28.2 Å².